The summed E-state index contributed by atoms with van der Waals surface area (Å²) in [6.07, 6.45) is 0. The molecule has 2 heterocycles. The third kappa shape index (κ3) is 3.97. The molecule has 0 radical (unpaired) electrons. The summed E-state index contributed by atoms with van der Waals surface area (Å²) < 4.78 is 1.15. The van der Waals surface area contributed by atoms with E-state index in [0.717, 1.165) is 26.4 Å². The lowest BCUT2D eigenvalue weighted by Crippen LogP contribution is -2.29. The molecule has 0 unspecified atom stereocenters. The Bertz CT molecular complexity index is 993. The molecule has 0 aliphatic carbocycles. The number of nitrogens with zero attached hydrogens (tertiary/aromatic N) is 4. The molecule has 0 bridgehead atoms. The fraction of sp³-hybridized carbons (Fsp3) is 0.235. The van der Waals surface area contributed by atoms with Gasteiger partial charge in [-0.15, -0.1) is 10.2 Å². The Morgan fingerprint density at radius 3 is 2.68 bits per heavy atom. The Morgan fingerprint density at radius 2 is 1.96 bits per heavy atom. The Kier molecular flexibility index (Phi) is 4.71. The van der Waals surface area contributed by atoms with Gasteiger partial charge in [-0.2, -0.15) is 5.10 Å². The van der Waals surface area contributed by atoms with Crippen LogP contribution >= 0.6 is 11.3 Å². The molecule has 8 heteroatoms. The number of hydrogen-bond acceptors (Lipinski definition) is 6. The first-order valence-corrected chi connectivity index (χ1v) is 8.50. The smallest absolute Gasteiger partial charge is 0.267 e. The van der Waals surface area contributed by atoms with Crippen LogP contribution in [0.4, 0.5) is 5.13 Å². The number of aryl methyl sites for hydroxylation is 3. The molecular weight excluding hydrogens is 338 g/mol. The Balaban J connectivity index is 1.85. The van der Waals surface area contributed by atoms with E-state index < -0.39 is 0 Å². The molecule has 0 spiro atoms. The van der Waals surface area contributed by atoms with Gasteiger partial charge in [-0.3, -0.25) is 14.9 Å². The number of rotatable bonds is 4. The van der Waals surface area contributed by atoms with Crippen molar-refractivity contribution >= 4 is 22.4 Å². The van der Waals surface area contributed by atoms with Crippen molar-refractivity contribution in [1.82, 2.24) is 20.0 Å². The number of amides is 1. The van der Waals surface area contributed by atoms with Crippen LogP contribution in [0.25, 0.3) is 11.3 Å². The van der Waals surface area contributed by atoms with Gasteiger partial charge < -0.3 is 0 Å². The van der Waals surface area contributed by atoms with E-state index in [1.165, 1.54) is 17.4 Å². The van der Waals surface area contributed by atoms with Crippen molar-refractivity contribution in [2.45, 2.75) is 27.3 Å². The van der Waals surface area contributed by atoms with Crippen LogP contribution in [0.2, 0.25) is 0 Å². The molecule has 1 N–H and O–H groups in total. The molecule has 0 fully saturated rings. The highest BCUT2D eigenvalue weighted by atomic mass is 32.1. The van der Waals surface area contributed by atoms with Gasteiger partial charge in [0.15, 0.2) is 0 Å². The molecule has 2 aromatic heterocycles. The van der Waals surface area contributed by atoms with Crippen LogP contribution in [0.1, 0.15) is 16.1 Å². The summed E-state index contributed by atoms with van der Waals surface area (Å²) in [4.78, 5) is 24.2. The van der Waals surface area contributed by atoms with Crippen LogP contribution < -0.4 is 10.9 Å². The van der Waals surface area contributed by atoms with Crippen molar-refractivity contribution in [3.8, 4) is 11.3 Å². The van der Waals surface area contributed by atoms with Gasteiger partial charge >= 0.3 is 0 Å². The normalized spacial score (nSPS) is 10.7. The molecule has 0 aliphatic rings. The third-order valence-electron chi connectivity index (χ3n) is 3.60. The number of carbonyl (C=O) groups excluding carboxylic acids is 1. The SMILES string of the molecule is Cc1ccc(C)c(-c2ccc(=O)n(CC(=O)Nc3nnc(C)s3)n2)c1. The minimum absolute atomic E-state index is 0.184. The van der Waals surface area contributed by atoms with Gasteiger partial charge in [-0.1, -0.05) is 29.0 Å². The number of anilines is 1. The van der Waals surface area contributed by atoms with E-state index in [9.17, 15) is 9.59 Å². The van der Waals surface area contributed by atoms with Crippen LogP contribution in [0, 0.1) is 20.8 Å². The van der Waals surface area contributed by atoms with Crippen LogP contribution in [0.3, 0.4) is 0 Å². The molecule has 1 amide bonds. The second-order valence-electron chi connectivity index (χ2n) is 5.71. The zero-order valence-corrected chi connectivity index (χ0v) is 14.9. The van der Waals surface area contributed by atoms with Gasteiger partial charge in [-0.25, -0.2) is 4.68 Å². The van der Waals surface area contributed by atoms with Gasteiger partial charge in [0, 0.05) is 11.6 Å². The van der Waals surface area contributed by atoms with Crippen LogP contribution in [-0.2, 0) is 11.3 Å². The van der Waals surface area contributed by atoms with Gasteiger partial charge in [0.05, 0.1) is 5.69 Å². The molecule has 3 rings (SSSR count). The van der Waals surface area contributed by atoms with E-state index in [1.54, 1.807) is 13.0 Å². The highest BCUT2D eigenvalue weighted by Gasteiger charge is 2.11. The summed E-state index contributed by atoms with van der Waals surface area (Å²) in [5.41, 5.74) is 3.41. The van der Waals surface area contributed by atoms with Crippen molar-refractivity contribution in [2.24, 2.45) is 0 Å². The maximum Gasteiger partial charge on any atom is 0.267 e. The average molecular weight is 355 g/mol. The molecule has 25 heavy (non-hydrogen) atoms. The summed E-state index contributed by atoms with van der Waals surface area (Å²) in [5, 5.41) is 15.8. The molecule has 0 aliphatic heterocycles. The van der Waals surface area contributed by atoms with Gasteiger partial charge in [0.1, 0.15) is 11.6 Å². The molecule has 128 valence electrons. The summed E-state index contributed by atoms with van der Waals surface area (Å²) >= 11 is 1.27. The Hall–Kier alpha value is -2.87. The minimum atomic E-state index is -0.371. The molecule has 3 aromatic rings. The molecule has 7 nitrogen and oxygen atoms in total. The van der Waals surface area contributed by atoms with E-state index in [0.29, 0.717) is 10.8 Å². The molecule has 0 atom stereocenters. The Morgan fingerprint density at radius 1 is 1.16 bits per heavy atom. The lowest BCUT2D eigenvalue weighted by molar-refractivity contribution is -0.117. The summed E-state index contributed by atoms with van der Waals surface area (Å²) in [6.45, 7) is 5.59. The van der Waals surface area contributed by atoms with Crippen molar-refractivity contribution in [3.05, 3.63) is 56.8 Å². The van der Waals surface area contributed by atoms with E-state index in [1.807, 2.05) is 32.0 Å². The van der Waals surface area contributed by atoms with Crippen LogP contribution in [0.5, 0.6) is 0 Å². The first kappa shape index (κ1) is 17.0. The van der Waals surface area contributed by atoms with Crippen molar-refractivity contribution in [2.75, 3.05) is 5.32 Å². The monoisotopic (exact) mass is 355 g/mol. The number of hydrogen-bond donors (Lipinski definition) is 1. The maximum atomic E-state index is 12.1. The Labute approximate surface area is 148 Å². The van der Waals surface area contributed by atoms with Crippen molar-refractivity contribution in [1.29, 1.82) is 0 Å². The van der Waals surface area contributed by atoms with Gasteiger partial charge in [0.2, 0.25) is 11.0 Å². The predicted molar refractivity (Wildman–Crippen MR) is 96.7 cm³/mol. The van der Waals surface area contributed by atoms with E-state index in [4.69, 9.17) is 0 Å². The standard InChI is InChI=1S/C17H17N5O2S/c1-10-4-5-11(2)13(8-10)14-6-7-16(24)22(21-14)9-15(23)18-17-20-19-12(3)25-17/h4-8H,9H2,1-3H3,(H,18,20,23). The van der Waals surface area contributed by atoms with Crippen LogP contribution in [-0.4, -0.2) is 25.9 Å². The number of nitrogens with one attached hydrogen (secondary N) is 1. The van der Waals surface area contributed by atoms with Crippen molar-refractivity contribution in [3.63, 3.8) is 0 Å². The number of aromatic nitrogens is 4. The fourth-order valence-corrected chi connectivity index (χ4v) is 2.97. The lowest BCUT2D eigenvalue weighted by Gasteiger charge is -2.09. The first-order chi connectivity index (χ1) is 11.9. The second kappa shape index (κ2) is 6.94. The highest BCUT2D eigenvalue weighted by molar-refractivity contribution is 7.15. The largest absolute Gasteiger partial charge is 0.299 e. The molecule has 0 saturated heterocycles. The summed E-state index contributed by atoms with van der Waals surface area (Å²) in [7, 11) is 0. The van der Waals surface area contributed by atoms with E-state index in [-0.39, 0.29) is 18.0 Å². The summed E-state index contributed by atoms with van der Waals surface area (Å²) in [6, 6.07) is 9.13. The van der Waals surface area contributed by atoms with Gasteiger partial charge in [-0.05, 0) is 38.5 Å². The zero-order valence-electron chi connectivity index (χ0n) is 14.1. The minimum Gasteiger partial charge on any atom is -0.299 e. The van der Waals surface area contributed by atoms with Gasteiger partial charge in [0.25, 0.3) is 5.56 Å². The lowest BCUT2D eigenvalue weighted by atomic mass is 10.0. The second-order valence-corrected chi connectivity index (χ2v) is 6.89. The molecular formula is C17H17N5O2S. The quantitative estimate of drug-likeness (QED) is 0.776. The van der Waals surface area contributed by atoms with E-state index >= 15 is 0 Å². The fourth-order valence-electron chi connectivity index (χ4n) is 2.36. The number of benzene rings is 1. The number of carbonyl (C=O) groups is 1. The van der Waals surface area contributed by atoms with Crippen LogP contribution in [0.15, 0.2) is 35.1 Å². The average Bonchev–Trinajstić information content (AvgIpc) is 2.97. The molecule has 0 saturated carbocycles. The van der Waals surface area contributed by atoms with E-state index in [2.05, 4.69) is 20.6 Å². The topological polar surface area (TPSA) is 89.8 Å². The maximum absolute atomic E-state index is 12.1. The van der Waals surface area contributed by atoms with Crippen molar-refractivity contribution < 1.29 is 4.79 Å². The third-order valence-corrected chi connectivity index (χ3v) is 4.36. The zero-order chi connectivity index (χ0) is 18.0. The first-order valence-electron chi connectivity index (χ1n) is 7.68. The highest BCUT2D eigenvalue weighted by Crippen LogP contribution is 2.21. The molecule has 1 aromatic carbocycles. The predicted octanol–water partition coefficient (Wildman–Crippen LogP) is 2.33. The summed E-state index contributed by atoms with van der Waals surface area (Å²) in [5.74, 6) is -0.371.